The average molecular weight is 347 g/mol. The summed E-state index contributed by atoms with van der Waals surface area (Å²) in [5, 5.41) is 4.28. The fourth-order valence-corrected chi connectivity index (χ4v) is 3.77. The smallest absolute Gasteiger partial charge is 0.266 e. The first-order valence-corrected chi connectivity index (χ1v) is 9.27. The van der Waals surface area contributed by atoms with Gasteiger partial charge in [-0.25, -0.2) is 4.68 Å². The highest BCUT2D eigenvalue weighted by Crippen LogP contribution is 2.18. The van der Waals surface area contributed by atoms with Crippen molar-refractivity contribution in [3.05, 3.63) is 28.2 Å². The summed E-state index contributed by atoms with van der Waals surface area (Å²) in [5.74, 6) is 0.489. The van der Waals surface area contributed by atoms with Gasteiger partial charge in [-0.1, -0.05) is 0 Å². The van der Waals surface area contributed by atoms with E-state index in [1.165, 1.54) is 4.68 Å². The fourth-order valence-electron chi connectivity index (χ4n) is 3.77. The number of piperidine rings is 1. The van der Waals surface area contributed by atoms with E-state index in [0.29, 0.717) is 12.5 Å². The molecule has 7 nitrogen and oxygen atoms in total. The number of piperazine rings is 1. The van der Waals surface area contributed by atoms with Crippen molar-refractivity contribution in [1.82, 2.24) is 24.5 Å². The molecular formula is C18H29N5O2. The number of aromatic nitrogens is 2. The van der Waals surface area contributed by atoms with Gasteiger partial charge in [0.05, 0.1) is 18.2 Å². The minimum absolute atomic E-state index is 0.0548. The second kappa shape index (κ2) is 8.10. The number of aryl methyl sites for hydroxylation is 1. The van der Waals surface area contributed by atoms with Gasteiger partial charge in [0.25, 0.3) is 5.56 Å². The Bertz CT molecular complexity index is 651. The van der Waals surface area contributed by atoms with Gasteiger partial charge >= 0.3 is 0 Å². The molecule has 0 bridgehead atoms. The van der Waals surface area contributed by atoms with Crippen LogP contribution in [-0.2, 0) is 11.3 Å². The molecule has 3 heterocycles. The van der Waals surface area contributed by atoms with Crippen LogP contribution in [-0.4, -0.2) is 83.2 Å². The lowest BCUT2D eigenvalue weighted by Gasteiger charge is -2.38. The van der Waals surface area contributed by atoms with Crippen LogP contribution in [0.1, 0.15) is 18.5 Å². The SMILES string of the molecule is Cc1ccc(=O)n(CCN2CCN(C(=O)C3CCCN(C)C3)CC2)n1. The lowest BCUT2D eigenvalue weighted by molar-refractivity contribution is -0.139. The van der Waals surface area contributed by atoms with E-state index < -0.39 is 0 Å². The molecule has 0 spiro atoms. The molecule has 2 fully saturated rings. The zero-order valence-electron chi connectivity index (χ0n) is 15.4. The Hall–Kier alpha value is -1.73. The predicted octanol–water partition coefficient (Wildman–Crippen LogP) is 0.0377. The molecule has 1 amide bonds. The van der Waals surface area contributed by atoms with Gasteiger partial charge in [-0.3, -0.25) is 14.5 Å². The third kappa shape index (κ3) is 4.67. The summed E-state index contributed by atoms with van der Waals surface area (Å²) in [6, 6.07) is 3.31. The number of carbonyl (C=O) groups excluding carboxylic acids is 1. The number of hydrogen-bond acceptors (Lipinski definition) is 5. The van der Waals surface area contributed by atoms with Crippen molar-refractivity contribution in [3.63, 3.8) is 0 Å². The minimum Gasteiger partial charge on any atom is -0.340 e. The van der Waals surface area contributed by atoms with Crippen molar-refractivity contribution in [2.75, 3.05) is 52.9 Å². The molecule has 1 aromatic heterocycles. The Kier molecular flexibility index (Phi) is 5.86. The molecular weight excluding hydrogens is 318 g/mol. The van der Waals surface area contributed by atoms with E-state index in [0.717, 1.165) is 64.3 Å². The molecule has 0 saturated carbocycles. The van der Waals surface area contributed by atoms with Gasteiger partial charge in [-0.05, 0) is 39.4 Å². The molecule has 2 aliphatic rings. The first-order valence-electron chi connectivity index (χ1n) is 9.27. The number of amides is 1. The van der Waals surface area contributed by atoms with Crippen LogP contribution in [0.3, 0.4) is 0 Å². The normalized spacial score (nSPS) is 23.0. The number of nitrogens with zero attached hydrogens (tertiary/aromatic N) is 5. The fraction of sp³-hybridized carbons (Fsp3) is 0.722. The summed E-state index contributed by atoms with van der Waals surface area (Å²) in [7, 11) is 2.10. The van der Waals surface area contributed by atoms with Crippen molar-refractivity contribution in [2.45, 2.75) is 26.3 Å². The Morgan fingerprint density at radius 1 is 1.16 bits per heavy atom. The Morgan fingerprint density at radius 2 is 1.92 bits per heavy atom. The molecule has 25 heavy (non-hydrogen) atoms. The maximum atomic E-state index is 12.7. The summed E-state index contributed by atoms with van der Waals surface area (Å²) in [6.45, 7) is 8.59. The zero-order chi connectivity index (χ0) is 17.8. The van der Waals surface area contributed by atoms with Gasteiger partial charge in [0.2, 0.25) is 5.91 Å². The summed E-state index contributed by atoms with van der Waals surface area (Å²) in [6.07, 6.45) is 2.14. The van der Waals surface area contributed by atoms with E-state index in [4.69, 9.17) is 0 Å². The van der Waals surface area contributed by atoms with Crippen molar-refractivity contribution in [2.24, 2.45) is 5.92 Å². The lowest BCUT2D eigenvalue weighted by Crippen LogP contribution is -2.52. The van der Waals surface area contributed by atoms with Crippen molar-refractivity contribution in [3.8, 4) is 0 Å². The third-order valence-corrected chi connectivity index (χ3v) is 5.29. The molecule has 3 rings (SSSR count). The first kappa shape index (κ1) is 18.1. The van der Waals surface area contributed by atoms with Crippen molar-refractivity contribution in [1.29, 1.82) is 0 Å². The van der Waals surface area contributed by atoms with Crippen LogP contribution in [0.2, 0.25) is 0 Å². The van der Waals surface area contributed by atoms with E-state index in [9.17, 15) is 9.59 Å². The molecule has 2 saturated heterocycles. The predicted molar refractivity (Wildman–Crippen MR) is 96.5 cm³/mol. The Morgan fingerprint density at radius 3 is 2.64 bits per heavy atom. The molecule has 138 valence electrons. The maximum absolute atomic E-state index is 12.7. The van der Waals surface area contributed by atoms with Gasteiger partial charge in [0.1, 0.15) is 0 Å². The van der Waals surface area contributed by atoms with Crippen LogP contribution in [0.5, 0.6) is 0 Å². The number of likely N-dealkylation sites (tertiary alicyclic amines) is 1. The summed E-state index contributed by atoms with van der Waals surface area (Å²) < 4.78 is 1.53. The topological polar surface area (TPSA) is 61.7 Å². The number of rotatable bonds is 4. The van der Waals surface area contributed by atoms with Crippen molar-refractivity contribution >= 4 is 5.91 Å². The molecule has 0 aliphatic carbocycles. The van der Waals surface area contributed by atoms with Gasteiger partial charge < -0.3 is 9.80 Å². The Balaban J connectivity index is 1.46. The Labute approximate surface area is 149 Å². The molecule has 0 aromatic carbocycles. The standard InChI is InChI=1S/C18H29N5O2/c1-15-5-6-17(24)23(19-15)13-10-21-8-11-22(12-9-21)18(25)16-4-3-7-20(2)14-16/h5-6,16H,3-4,7-14H2,1-2H3. The van der Waals surface area contributed by atoms with Gasteiger partial charge in [0, 0.05) is 45.3 Å². The number of carbonyl (C=O) groups is 1. The monoisotopic (exact) mass is 347 g/mol. The molecule has 1 atom stereocenters. The molecule has 1 aromatic rings. The zero-order valence-corrected chi connectivity index (χ0v) is 15.4. The molecule has 2 aliphatic heterocycles. The third-order valence-electron chi connectivity index (χ3n) is 5.29. The highest BCUT2D eigenvalue weighted by atomic mass is 16.2. The maximum Gasteiger partial charge on any atom is 0.266 e. The largest absolute Gasteiger partial charge is 0.340 e. The average Bonchev–Trinajstić information content (AvgIpc) is 2.62. The van der Waals surface area contributed by atoms with E-state index in [1.807, 2.05) is 11.8 Å². The van der Waals surface area contributed by atoms with Crippen LogP contribution in [0.25, 0.3) is 0 Å². The number of hydrogen-bond donors (Lipinski definition) is 0. The highest BCUT2D eigenvalue weighted by Gasteiger charge is 2.29. The summed E-state index contributed by atoms with van der Waals surface area (Å²) in [4.78, 5) is 31.1. The van der Waals surface area contributed by atoms with E-state index in [1.54, 1.807) is 12.1 Å². The quantitative estimate of drug-likeness (QED) is 0.770. The van der Waals surface area contributed by atoms with Crippen LogP contribution in [0.4, 0.5) is 0 Å². The van der Waals surface area contributed by atoms with Crippen LogP contribution in [0, 0.1) is 12.8 Å². The summed E-state index contributed by atoms with van der Waals surface area (Å²) >= 11 is 0. The second-order valence-corrected chi connectivity index (χ2v) is 7.30. The van der Waals surface area contributed by atoms with Gasteiger partial charge in [-0.2, -0.15) is 5.10 Å². The van der Waals surface area contributed by atoms with E-state index in [2.05, 4.69) is 21.9 Å². The molecule has 0 radical (unpaired) electrons. The second-order valence-electron chi connectivity index (χ2n) is 7.30. The van der Waals surface area contributed by atoms with Gasteiger partial charge in [0.15, 0.2) is 0 Å². The summed E-state index contributed by atoms with van der Waals surface area (Å²) in [5.41, 5.74) is 0.799. The van der Waals surface area contributed by atoms with Crippen LogP contribution >= 0.6 is 0 Å². The molecule has 7 heteroatoms. The van der Waals surface area contributed by atoms with E-state index in [-0.39, 0.29) is 11.5 Å². The van der Waals surface area contributed by atoms with Crippen LogP contribution in [0.15, 0.2) is 16.9 Å². The molecule has 0 N–H and O–H groups in total. The molecule has 1 unspecified atom stereocenters. The lowest BCUT2D eigenvalue weighted by atomic mass is 9.96. The van der Waals surface area contributed by atoms with Gasteiger partial charge in [-0.15, -0.1) is 0 Å². The highest BCUT2D eigenvalue weighted by molar-refractivity contribution is 5.79. The van der Waals surface area contributed by atoms with Crippen molar-refractivity contribution < 1.29 is 4.79 Å². The van der Waals surface area contributed by atoms with E-state index >= 15 is 0 Å². The minimum atomic E-state index is -0.0548. The van der Waals surface area contributed by atoms with Crippen LogP contribution < -0.4 is 5.56 Å². The first-order chi connectivity index (χ1) is 12.0.